The topological polar surface area (TPSA) is 43.8 Å². The Kier molecular flexibility index (Phi) is 1.89. The van der Waals surface area contributed by atoms with Crippen LogP contribution in [0.25, 0.3) is 6.20 Å². The van der Waals surface area contributed by atoms with Crippen LogP contribution in [0.1, 0.15) is 0 Å². The summed E-state index contributed by atoms with van der Waals surface area (Å²) >= 11 is 0. The summed E-state index contributed by atoms with van der Waals surface area (Å²) in [5, 5.41) is 3.91. The second kappa shape index (κ2) is 2.87. The quantitative estimate of drug-likeness (QED) is 0.617. The summed E-state index contributed by atoms with van der Waals surface area (Å²) in [5.41, 5.74) is 5.50. The fourth-order valence-corrected chi connectivity index (χ4v) is 0.591. The first kappa shape index (κ1) is 6.61. The summed E-state index contributed by atoms with van der Waals surface area (Å²) in [6, 6.07) is 1.73. The summed E-state index contributed by atoms with van der Waals surface area (Å²) < 4.78 is 1.57. The van der Waals surface area contributed by atoms with Crippen molar-refractivity contribution in [2.24, 2.45) is 0 Å². The van der Waals surface area contributed by atoms with E-state index in [2.05, 4.69) is 11.7 Å². The van der Waals surface area contributed by atoms with E-state index in [9.17, 15) is 0 Å². The van der Waals surface area contributed by atoms with E-state index in [4.69, 9.17) is 5.73 Å². The van der Waals surface area contributed by atoms with Crippen LogP contribution in [0.4, 0.5) is 5.82 Å². The van der Waals surface area contributed by atoms with Crippen LogP contribution in [0, 0.1) is 0 Å². The van der Waals surface area contributed by atoms with Crippen LogP contribution in [-0.2, 0) is 0 Å². The highest BCUT2D eigenvalue weighted by atomic mass is 15.3. The lowest BCUT2D eigenvalue weighted by molar-refractivity contribution is 0.945. The number of nitrogens with zero attached hydrogens (tertiary/aromatic N) is 2. The van der Waals surface area contributed by atoms with E-state index in [0.717, 1.165) is 0 Å². The van der Waals surface area contributed by atoms with E-state index in [1.54, 1.807) is 35.3 Å². The maximum absolute atomic E-state index is 5.50. The van der Waals surface area contributed by atoms with Gasteiger partial charge in [0.15, 0.2) is 0 Å². The normalized spacial score (nSPS) is 10.4. The van der Waals surface area contributed by atoms with Gasteiger partial charge in [0.05, 0.1) is 6.20 Å². The fourth-order valence-electron chi connectivity index (χ4n) is 0.591. The van der Waals surface area contributed by atoms with E-state index in [1.165, 1.54) is 0 Å². The van der Waals surface area contributed by atoms with Gasteiger partial charge >= 0.3 is 0 Å². The van der Waals surface area contributed by atoms with Crippen LogP contribution in [0.15, 0.2) is 31.0 Å². The minimum absolute atomic E-state index is 0.623. The second-order valence-corrected chi connectivity index (χ2v) is 1.78. The first-order valence-corrected chi connectivity index (χ1v) is 2.93. The Balaban J connectivity index is 2.83. The van der Waals surface area contributed by atoms with Crippen LogP contribution in [0.2, 0.25) is 0 Å². The molecule has 0 amide bonds. The van der Waals surface area contributed by atoms with Gasteiger partial charge in [-0.2, -0.15) is 5.10 Å². The van der Waals surface area contributed by atoms with Gasteiger partial charge in [0, 0.05) is 12.3 Å². The van der Waals surface area contributed by atoms with Crippen molar-refractivity contribution < 1.29 is 0 Å². The standard InChI is InChI=1S/C7H9N3/c1-2-3-6-10-7(8)4-5-9-10/h2-6H,1,8H2/b6-3-. The average molecular weight is 135 g/mol. The van der Waals surface area contributed by atoms with E-state index < -0.39 is 0 Å². The van der Waals surface area contributed by atoms with Gasteiger partial charge in [-0.3, -0.25) is 0 Å². The zero-order chi connectivity index (χ0) is 7.40. The molecule has 1 aromatic rings. The third-order valence-electron chi connectivity index (χ3n) is 1.06. The predicted octanol–water partition coefficient (Wildman–Crippen LogP) is 1.12. The first-order chi connectivity index (χ1) is 4.84. The third kappa shape index (κ3) is 1.25. The molecule has 2 N–H and O–H groups in total. The molecule has 0 atom stereocenters. The van der Waals surface area contributed by atoms with Crippen LogP contribution in [-0.4, -0.2) is 9.78 Å². The van der Waals surface area contributed by atoms with Gasteiger partial charge in [-0.15, -0.1) is 0 Å². The lowest BCUT2D eigenvalue weighted by atomic mass is 10.6. The molecular weight excluding hydrogens is 126 g/mol. The predicted molar refractivity (Wildman–Crippen MR) is 42.2 cm³/mol. The molecule has 0 aliphatic rings. The van der Waals surface area contributed by atoms with Crippen LogP contribution >= 0.6 is 0 Å². The number of hydrogen-bond acceptors (Lipinski definition) is 2. The lowest BCUT2D eigenvalue weighted by Crippen LogP contribution is -1.95. The molecule has 0 aliphatic heterocycles. The smallest absolute Gasteiger partial charge is 0.126 e. The highest BCUT2D eigenvalue weighted by Gasteiger charge is 1.88. The number of nitrogen functional groups attached to an aromatic ring is 1. The summed E-state index contributed by atoms with van der Waals surface area (Å²) in [7, 11) is 0. The number of hydrogen-bond donors (Lipinski definition) is 1. The number of nitrogens with two attached hydrogens (primary N) is 1. The van der Waals surface area contributed by atoms with Gasteiger partial charge in [-0.05, 0) is 6.08 Å². The Labute approximate surface area is 59.5 Å². The van der Waals surface area contributed by atoms with Crippen molar-refractivity contribution in [1.29, 1.82) is 0 Å². The minimum atomic E-state index is 0.623. The fraction of sp³-hybridized carbons (Fsp3) is 0. The Hall–Kier alpha value is -1.51. The monoisotopic (exact) mass is 135 g/mol. The van der Waals surface area contributed by atoms with Gasteiger partial charge in [0.2, 0.25) is 0 Å². The molecule has 10 heavy (non-hydrogen) atoms. The van der Waals surface area contributed by atoms with E-state index in [0.29, 0.717) is 5.82 Å². The molecule has 1 heterocycles. The molecule has 0 fully saturated rings. The summed E-state index contributed by atoms with van der Waals surface area (Å²) in [6.07, 6.45) is 6.82. The summed E-state index contributed by atoms with van der Waals surface area (Å²) in [6.45, 7) is 3.52. The van der Waals surface area contributed by atoms with Crippen LogP contribution in [0.5, 0.6) is 0 Å². The molecule has 0 spiro atoms. The maximum Gasteiger partial charge on any atom is 0.126 e. The number of rotatable bonds is 2. The number of anilines is 1. The molecule has 1 rings (SSSR count). The van der Waals surface area contributed by atoms with Gasteiger partial charge in [0.1, 0.15) is 5.82 Å². The molecule has 0 saturated heterocycles. The summed E-state index contributed by atoms with van der Waals surface area (Å²) in [4.78, 5) is 0. The molecule has 52 valence electrons. The van der Waals surface area contributed by atoms with Crippen LogP contribution in [0.3, 0.4) is 0 Å². The number of aromatic nitrogens is 2. The van der Waals surface area contributed by atoms with E-state index >= 15 is 0 Å². The van der Waals surface area contributed by atoms with Gasteiger partial charge in [-0.25, -0.2) is 4.68 Å². The van der Waals surface area contributed by atoms with Crippen molar-refractivity contribution in [2.45, 2.75) is 0 Å². The Morgan fingerprint density at radius 3 is 3.00 bits per heavy atom. The molecule has 0 radical (unpaired) electrons. The maximum atomic E-state index is 5.50. The van der Waals surface area contributed by atoms with Gasteiger partial charge in [0.25, 0.3) is 0 Å². The lowest BCUT2D eigenvalue weighted by Gasteiger charge is -1.91. The minimum Gasteiger partial charge on any atom is -0.384 e. The summed E-state index contributed by atoms with van der Waals surface area (Å²) in [5.74, 6) is 0.623. The van der Waals surface area contributed by atoms with Crippen molar-refractivity contribution in [3.63, 3.8) is 0 Å². The Morgan fingerprint density at radius 1 is 1.70 bits per heavy atom. The van der Waals surface area contributed by atoms with Gasteiger partial charge in [-0.1, -0.05) is 12.7 Å². The zero-order valence-corrected chi connectivity index (χ0v) is 5.57. The Bertz CT molecular complexity index is 247. The first-order valence-electron chi connectivity index (χ1n) is 2.93. The Morgan fingerprint density at radius 2 is 2.50 bits per heavy atom. The average Bonchev–Trinajstić information content (AvgIpc) is 2.31. The van der Waals surface area contributed by atoms with Crippen molar-refractivity contribution in [3.8, 4) is 0 Å². The van der Waals surface area contributed by atoms with E-state index in [-0.39, 0.29) is 0 Å². The second-order valence-electron chi connectivity index (χ2n) is 1.78. The number of allylic oxidation sites excluding steroid dienone is 2. The molecule has 3 heteroatoms. The molecule has 0 aromatic carbocycles. The van der Waals surface area contributed by atoms with E-state index in [1.807, 2.05) is 0 Å². The highest BCUT2D eigenvalue weighted by molar-refractivity contribution is 5.38. The van der Waals surface area contributed by atoms with Crippen LogP contribution < -0.4 is 5.73 Å². The van der Waals surface area contributed by atoms with Crippen molar-refractivity contribution >= 4 is 12.0 Å². The molecule has 0 aliphatic carbocycles. The van der Waals surface area contributed by atoms with Crippen molar-refractivity contribution in [2.75, 3.05) is 5.73 Å². The zero-order valence-electron chi connectivity index (χ0n) is 5.57. The third-order valence-corrected chi connectivity index (χ3v) is 1.06. The molecule has 0 unspecified atom stereocenters. The molecular formula is C7H9N3. The molecule has 0 saturated carbocycles. The van der Waals surface area contributed by atoms with Crippen molar-refractivity contribution in [3.05, 3.63) is 31.0 Å². The molecule has 3 nitrogen and oxygen atoms in total. The SMILES string of the molecule is C=C/C=C\n1nccc1N. The molecule has 1 aromatic heterocycles. The largest absolute Gasteiger partial charge is 0.384 e. The van der Waals surface area contributed by atoms with Crippen molar-refractivity contribution in [1.82, 2.24) is 9.78 Å². The highest BCUT2D eigenvalue weighted by Crippen LogP contribution is 1.98. The van der Waals surface area contributed by atoms with Gasteiger partial charge < -0.3 is 5.73 Å². The molecule has 0 bridgehead atoms.